The average Bonchev–Trinajstić information content (AvgIpc) is 3.33. The number of piperazine rings is 1. The Labute approximate surface area is 275 Å². The minimum atomic E-state index is -0.210. The number of aryl methyl sites for hydroxylation is 1. The summed E-state index contributed by atoms with van der Waals surface area (Å²) >= 11 is 0. The molecule has 1 spiro atoms. The van der Waals surface area contributed by atoms with Gasteiger partial charge in [-0.3, -0.25) is 9.69 Å². The topological polar surface area (TPSA) is 81.3 Å². The number of hydrogen-bond donors (Lipinski definition) is 0. The van der Waals surface area contributed by atoms with Crippen molar-refractivity contribution < 1.29 is 23.6 Å². The van der Waals surface area contributed by atoms with E-state index in [1.54, 1.807) is 7.11 Å². The number of nitriles is 1. The van der Waals surface area contributed by atoms with Gasteiger partial charge in [-0.05, 0) is 81.3 Å². The Bertz CT molecular complexity index is 1340. The highest BCUT2D eigenvalue weighted by Crippen LogP contribution is 2.62. The summed E-state index contributed by atoms with van der Waals surface area (Å²) in [4.78, 5) is 19.7. The van der Waals surface area contributed by atoms with Crippen LogP contribution in [-0.4, -0.2) is 120 Å². The number of para-hydroxylation sites is 1. The van der Waals surface area contributed by atoms with E-state index in [-0.39, 0.29) is 30.1 Å². The third-order valence-electron chi connectivity index (χ3n) is 12.3. The van der Waals surface area contributed by atoms with Crippen molar-refractivity contribution in [2.24, 2.45) is 5.92 Å². The number of quaternary nitrogens is 1. The maximum atomic E-state index is 12.8. The van der Waals surface area contributed by atoms with Crippen LogP contribution in [0.5, 0.6) is 11.5 Å². The molecule has 0 N–H and O–H groups in total. The molecule has 1 aliphatic carbocycles. The second kappa shape index (κ2) is 12.7. The second-order valence-corrected chi connectivity index (χ2v) is 14.6. The van der Waals surface area contributed by atoms with Crippen LogP contribution in [0.2, 0.25) is 0 Å². The highest BCUT2D eigenvalue weighted by atomic mass is 16.6. The van der Waals surface area contributed by atoms with E-state index >= 15 is 0 Å². The van der Waals surface area contributed by atoms with Crippen LogP contribution in [0.15, 0.2) is 30.9 Å². The molecule has 1 aromatic carbocycles. The van der Waals surface area contributed by atoms with Gasteiger partial charge < -0.3 is 24.0 Å². The molecule has 5 fully saturated rings. The number of rotatable bonds is 10. The number of methoxy groups -OCH3 is 1. The van der Waals surface area contributed by atoms with Crippen LogP contribution in [0.1, 0.15) is 70.3 Å². The van der Waals surface area contributed by atoms with Gasteiger partial charge in [0, 0.05) is 38.0 Å². The monoisotopic (exact) mass is 633 g/mol. The van der Waals surface area contributed by atoms with Crippen LogP contribution < -0.4 is 9.47 Å². The van der Waals surface area contributed by atoms with Crippen molar-refractivity contribution in [3.63, 3.8) is 0 Å². The van der Waals surface area contributed by atoms with Crippen LogP contribution in [0.25, 0.3) is 0 Å². The molecule has 46 heavy (non-hydrogen) atoms. The molecule has 0 radical (unpaired) electrons. The first-order valence-electron chi connectivity index (χ1n) is 17.8. The van der Waals surface area contributed by atoms with Gasteiger partial charge in [-0.1, -0.05) is 32.1 Å². The summed E-state index contributed by atoms with van der Waals surface area (Å²) in [6.07, 6.45) is 11.9. The Morgan fingerprint density at radius 2 is 2.11 bits per heavy atom. The minimum absolute atomic E-state index is 0.0367. The van der Waals surface area contributed by atoms with Crippen molar-refractivity contribution in [2.75, 3.05) is 53.5 Å². The van der Waals surface area contributed by atoms with E-state index in [4.69, 9.17) is 14.2 Å². The van der Waals surface area contributed by atoms with Crippen molar-refractivity contribution in [3.05, 3.63) is 36.4 Å². The first-order valence-corrected chi connectivity index (χ1v) is 17.8. The number of likely N-dealkylation sites (tertiary alicyclic amines) is 1. The predicted molar refractivity (Wildman–Crippen MR) is 174 cm³/mol. The maximum absolute atomic E-state index is 12.8. The first kappa shape index (κ1) is 31.9. The zero-order valence-electron chi connectivity index (χ0n) is 28.1. The van der Waals surface area contributed by atoms with E-state index in [0.29, 0.717) is 37.5 Å². The molecule has 0 aromatic heterocycles. The van der Waals surface area contributed by atoms with Crippen LogP contribution >= 0.6 is 0 Å². The Morgan fingerprint density at radius 3 is 2.85 bits per heavy atom. The van der Waals surface area contributed by atoms with Gasteiger partial charge in [0.15, 0.2) is 11.5 Å². The summed E-state index contributed by atoms with van der Waals surface area (Å²) in [5.74, 6) is 2.18. The number of unbranched alkanes of at least 4 members (excludes halogenated alkanes) is 1. The molecular formula is C36H53N6O4+. The summed E-state index contributed by atoms with van der Waals surface area (Å²) < 4.78 is 20.8. The van der Waals surface area contributed by atoms with Gasteiger partial charge in [-0.25, -0.2) is 0 Å². The SMILES string of the molecule is C=CC(=O)N1CCN(C2C3CC[C@@]4(CCc5cccc(OC)c5O4)CC3[N+]3(CCCC)C(OCC4CCCN4C)N23)CC1CC#N. The number of likely N-dealkylation sites (N-methyl/N-ethyl adjacent to an activating group) is 1. The van der Waals surface area contributed by atoms with Gasteiger partial charge in [0.2, 0.25) is 5.91 Å². The molecule has 7 rings (SSSR count). The van der Waals surface area contributed by atoms with Crippen molar-refractivity contribution in [1.29, 1.82) is 5.26 Å². The summed E-state index contributed by atoms with van der Waals surface area (Å²) in [5.41, 5.74) is 1.04. The number of fused-ring (bicyclic) bond motifs is 4. The summed E-state index contributed by atoms with van der Waals surface area (Å²) in [6.45, 7) is 11.1. The number of benzene rings is 1. The van der Waals surface area contributed by atoms with E-state index in [0.717, 1.165) is 87.3 Å². The molecule has 0 bridgehead atoms. The number of carbonyl (C=O) groups is 1. The normalized spacial score (nSPS) is 38.4. The molecule has 1 amide bonds. The highest BCUT2D eigenvalue weighted by Gasteiger charge is 2.82. The predicted octanol–water partition coefficient (Wildman–Crippen LogP) is 4.12. The Kier molecular flexibility index (Phi) is 8.83. The van der Waals surface area contributed by atoms with E-state index in [2.05, 4.69) is 53.6 Å². The second-order valence-electron chi connectivity index (χ2n) is 14.6. The highest BCUT2D eigenvalue weighted by molar-refractivity contribution is 5.87. The zero-order chi connectivity index (χ0) is 32.1. The molecule has 4 saturated heterocycles. The van der Waals surface area contributed by atoms with Gasteiger partial charge in [0.25, 0.3) is 0 Å². The van der Waals surface area contributed by atoms with Gasteiger partial charge >= 0.3 is 6.35 Å². The molecule has 6 aliphatic rings. The van der Waals surface area contributed by atoms with Crippen molar-refractivity contribution in [1.82, 2.24) is 19.7 Å². The van der Waals surface area contributed by atoms with Crippen molar-refractivity contribution >= 4 is 5.91 Å². The molecule has 10 nitrogen and oxygen atoms in total. The molecule has 5 heterocycles. The Hall–Kier alpha value is -2.68. The lowest BCUT2D eigenvalue weighted by Crippen LogP contribution is -2.61. The Morgan fingerprint density at radius 1 is 1.24 bits per heavy atom. The molecule has 9 atom stereocenters. The molecule has 1 saturated carbocycles. The molecule has 250 valence electrons. The van der Waals surface area contributed by atoms with Crippen LogP contribution in [-0.2, 0) is 16.0 Å². The average molecular weight is 634 g/mol. The standard InChI is InChI=1S/C36H53N6O4/c1-5-7-22-42-30-23-36(16-13-26-10-8-12-31(44-4)33(26)46-36)17-14-29(30)34(41(42)35(42)45-25-28-11-9-19-38(28)3)39-20-21-40(32(43)6-2)27(24-39)15-18-37/h6,8,10,12,27-30,34-35H,2,5,7,9,11,13-17,19-25H2,1,3-4H3/q+1/t27?,28?,29?,30?,34?,35?,36-,41?,42?/m0/s1. The van der Waals surface area contributed by atoms with Gasteiger partial charge in [-0.2, -0.15) is 9.85 Å². The lowest BCUT2D eigenvalue weighted by atomic mass is 9.70. The van der Waals surface area contributed by atoms with Gasteiger partial charge in [0.1, 0.15) is 24.4 Å². The quantitative estimate of drug-likeness (QED) is 0.216. The van der Waals surface area contributed by atoms with Crippen molar-refractivity contribution in [2.45, 2.75) is 107 Å². The lowest BCUT2D eigenvalue weighted by molar-refractivity contribution is -0.903. The van der Waals surface area contributed by atoms with Crippen LogP contribution in [0.4, 0.5) is 0 Å². The fourth-order valence-electron chi connectivity index (χ4n) is 9.90. The van der Waals surface area contributed by atoms with Crippen molar-refractivity contribution in [3.8, 4) is 17.6 Å². The number of ether oxygens (including phenoxy) is 3. The number of hydrogen-bond acceptors (Lipinski definition) is 8. The van der Waals surface area contributed by atoms with Crippen LogP contribution in [0.3, 0.4) is 0 Å². The summed E-state index contributed by atoms with van der Waals surface area (Å²) in [7, 11) is 3.97. The molecule has 1 aromatic rings. The molecule has 5 aliphatic heterocycles. The molecular weight excluding hydrogens is 580 g/mol. The fraction of sp³-hybridized carbons (Fsp3) is 0.722. The number of nitrogens with zero attached hydrogens (tertiary/aromatic N) is 6. The van der Waals surface area contributed by atoms with E-state index in [1.807, 2.05) is 11.0 Å². The lowest BCUT2D eigenvalue weighted by Gasteiger charge is -2.48. The maximum Gasteiger partial charge on any atom is 0.318 e. The third kappa shape index (κ3) is 5.23. The van der Waals surface area contributed by atoms with E-state index < -0.39 is 0 Å². The fourth-order valence-corrected chi connectivity index (χ4v) is 9.90. The smallest absolute Gasteiger partial charge is 0.318 e. The summed E-state index contributed by atoms with van der Waals surface area (Å²) in [5, 5.41) is 12.4. The number of carbonyl (C=O) groups excluding carboxylic acids is 1. The Balaban J connectivity index is 1.20. The zero-order valence-corrected chi connectivity index (χ0v) is 28.1. The summed E-state index contributed by atoms with van der Waals surface area (Å²) in [6, 6.07) is 9.38. The third-order valence-corrected chi connectivity index (χ3v) is 12.3. The van der Waals surface area contributed by atoms with Gasteiger partial charge in [0.05, 0.1) is 32.2 Å². The largest absolute Gasteiger partial charge is 0.493 e. The van der Waals surface area contributed by atoms with E-state index in [1.165, 1.54) is 24.5 Å². The molecule has 10 heteroatoms. The van der Waals surface area contributed by atoms with Crippen LogP contribution in [0, 0.1) is 17.2 Å². The minimum Gasteiger partial charge on any atom is -0.493 e. The van der Waals surface area contributed by atoms with E-state index in [9.17, 15) is 10.1 Å². The number of amides is 1. The van der Waals surface area contributed by atoms with Gasteiger partial charge in [-0.15, -0.1) is 0 Å². The first-order chi connectivity index (χ1) is 22.4. The molecule has 8 unspecified atom stereocenters.